The highest BCUT2D eigenvalue weighted by molar-refractivity contribution is 7.89. The van der Waals surface area contributed by atoms with Gasteiger partial charge < -0.3 is 10.2 Å². The number of likely N-dealkylation sites (tertiary alicyclic amines) is 1. The van der Waals surface area contributed by atoms with Crippen molar-refractivity contribution >= 4 is 27.5 Å². The Balaban J connectivity index is 1.54. The Labute approximate surface area is 181 Å². The summed E-state index contributed by atoms with van der Waals surface area (Å²) >= 11 is 0. The molecule has 1 fully saturated rings. The van der Waals surface area contributed by atoms with Crippen LogP contribution in [0, 0.1) is 11.7 Å². The number of hydrogen-bond acceptors (Lipinski definition) is 4. The molecule has 2 N–H and O–H groups in total. The van der Waals surface area contributed by atoms with Crippen molar-refractivity contribution in [2.75, 3.05) is 18.4 Å². The normalized spacial score (nSPS) is 15.2. The fourth-order valence-electron chi connectivity index (χ4n) is 3.46. The molecule has 0 aromatic heterocycles. The maximum absolute atomic E-state index is 13.0. The van der Waals surface area contributed by atoms with E-state index < -0.39 is 15.8 Å². The van der Waals surface area contributed by atoms with Crippen molar-refractivity contribution < 1.29 is 22.4 Å². The highest BCUT2D eigenvalue weighted by atomic mass is 32.2. The van der Waals surface area contributed by atoms with Gasteiger partial charge in [-0.2, -0.15) is 0 Å². The number of hydrogen-bond donors (Lipinski definition) is 2. The van der Waals surface area contributed by atoms with Crippen molar-refractivity contribution in [3.63, 3.8) is 0 Å². The Morgan fingerprint density at radius 3 is 2.13 bits per heavy atom. The topological polar surface area (TPSA) is 95.6 Å². The number of halogens is 1. The molecular formula is C22H26FN3O4S. The number of carbonyl (C=O) groups excluding carboxylic acids is 2. The fraction of sp³-hybridized carbons (Fsp3) is 0.364. The lowest BCUT2D eigenvalue weighted by Crippen LogP contribution is -2.41. The first-order valence-electron chi connectivity index (χ1n) is 10.1. The molecule has 0 bridgehead atoms. The molecule has 0 aliphatic carbocycles. The van der Waals surface area contributed by atoms with Crippen LogP contribution in [0.5, 0.6) is 0 Å². The van der Waals surface area contributed by atoms with E-state index in [0.29, 0.717) is 37.2 Å². The molecule has 0 atom stereocenters. The summed E-state index contributed by atoms with van der Waals surface area (Å²) in [5.41, 5.74) is 0.935. The highest BCUT2D eigenvalue weighted by Gasteiger charge is 2.28. The predicted molar refractivity (Wildman–Crippen MR) is 116 cm³/mol. The summed E-state index contributed by atoms with van der Waals surface area (Å²) in [6.45, 7) is 4.36. The molecule has 2 aromatic carbocycles. The Bertz CT molecular complexity index is 1030. The average Bonchev–Trinajstić information content (AvgIpc) is 2.73. The molecule has 9 heteroatoms. The second kappa shape index (κ2) is 9.57. The molecule has 2 aromatic rings. The number of carbonyl (C=O) groups is 2. The second-order valence-corrected chi connectivity index (χ2v) is 9.58. The van der Waals surface area contributed by atoms with Crippen LogP contribution in [0.4, 0.5) is 10.1 Å². The fourth-order valence-corrected chi connectivity index (χ4v) is 4.71. The van der Waals surface area contributed by atoms with Gasteiger partial charge in [0.15, 0.2) is 0 Å². The maximum atomic E-state index is 13.0. The van der Waals surface area contributed by atoms with Crippen LogP contribution in [0.1, 0.15) is 37.0 Å². The van der Waals surface area contributed by atoms with Gasteiger partial charge in [-0.15, -0.1) is 0 Å². The quantitative estimate of drug-likeness (QED) is 0.712. The molecule has 0 saturated carbocycles. The van der Waals surface area contributed by atoms with Crippen LogP contribution < -0.4 is 10.0 Å². The SMILES string of the molecule is CC(C)NS(=O)(=O)c1ccc(NC(=O)C2CCN(C(=O)c3ccc(F)cc3)CC2)cc1. The first kappa shape index (κ1) is 22.9. The van der Waals surface area contributed by atoms with Gasteiger partial charge in [0.2, 0.25) is 15.9 Å². The zero-order valence-corrected chi connectivity index (χ0v) is 18.3. The van der Waals surface area contributed by atoms with Crippen LogP contribution in [0.2, 0.25) is 0 Å². The van der Waals surface area contributed by atoms with Gasteiger partial charge >= 0.3 is 0 Å². The smallest absolute Gasteiger partial charge is 0.253 e. The van der Waals surface area contributed by atoms with E-state index in [1.54, 1.807) is 30.9 Å². The molecule has 31 heavy (non-hydrogen) atoms. The number of anilines is 1. The van der Waals surface area contributed by atoms with E-state index in [-0.39, 0.29) is 28.7 Å². The Kier molecular flexibility index (Phi) is 7.07. The average molecular weight is 448 g/mol. The summed E-state index contributed by atoms with van der Waals surface area (Å²) in [6, 6.07) is 11.2. The number of nitrogens with zero attached hydrogens (tertiary/aromatic N) is 1. The number of piperidine rings is 1. The van der Waals surface area contributed by atoms with Crippen LogP contribution in [0.15, 0.2) is 53.4 Å². The third kappa shape index (κ3) is 5.89. The number of sulfonamides is 1. The standard InChI is InChI=1S/C22H26FN3O4S/c1-15(2)25-31(29,30)20-9-7-19(8-10-20)24-21(27)16-11-13-26(14-12-16)22(28)17-3-5-18(23)6-4-17/h3-10,15-16,25H,11-14H2,1-2H3,(H,24,27). The van der Waals surface area contributed by atoms with Gasteiger partial charge in [0.1, 0.15) is 5.82 Å². The Morgan fingerprint density at radius 1 is 1.00 bits per heavy atom. The van der Waals surface area contributed by atoms with E-state index in [2.05, 4.69) is 10.0 Å². The van der Waals surface area contributed by atoms with Crippen molar-refractivity contribution in [3.05, 3.63) is 59.9 Å². The number of nitrogens with one attached hydrogen (secondary N) is 2. The molecule has 1 aliphatic rings. The molecule has 7 nitrogen and oxygen atoms in total. The minimum atomic E-state index is -3.59. The number of rotatable bonds is 6. The monoisotopic (exact) mass is 447 g/mol. The first-order chi connectivity index (χ1) is 14.7. The summed E-state index contributed by atoms with van der Waals surface area (Å²) in [7, 11) is -3.59. The molecule has 1 aliphatic heterocycles. The summed E-state index contributed by atoms with van der Waals surface area (Å²) in [5.74, 6) is -0.979. The van der Waals surface area contributed by atoms with Gasteiger partial charge in [0.05, 0.1) is 4.90 Å². The number of benzene rings is 2. The molecule has 2 amide bonds. The summed E-state index contributed by atoms with van der Waals surface area (Å²) in [4.78, 5) is 26.9. The summed E-state index contributed by atoms with van der Waals surface area (Å²) < 4.78 is 39.9. The lowest BCUT2D eigenvalue weighted by Gasteiger charge is -2.31. The van der Waals surface area contributed by atoms with E-state index in [1.807, 2.05) is 0 Å². The second-order valence-electron chi connectivity index (χ2n) is 7.86. The first-order valence-corrected chi connectivity index (χ1v) is 11.6. The highest BCUT2D eigenvalue weighted by Crippen LogP contribution is 2.22. The van der Waals surface area contributed by atoms with E-state index in [1.165, 1.54) is 36.4 Å². The van der Waals surface area contributed by atoms with Crippen molar-refractivity contribution in [1.29, 1.82) is 0 Å². The molecule has 1 heterocycles. The molecule has 1 saturated heterocycles. The van der Waals surface area contributed by atoms with Crippen molar-refractivity contribution in [1.82, 2.24) is 9.62 Å². The van der Waals surface area contributed by atoms with Gasteiger partial charge in [-0.25, -0.2) is 17.5 Å². The van der Waals surface area contributed by atoms with E-state index >= 15 is 0 Å². The molecule has 166 valence electrons. The molecule has 0 spiro atoms. The lowest BCUT2D eigenvalue weighted by molar-refractivity contribution is -0.121. The van der Waals surface area contributed by atoms with Crippen LogP contribution >= 0.6 is 0 Å². The minimum Gasteiger partial charge on any atom is -0.339 e. The van der Waals surface area contributed by atoms with E-state index in [0.717, 1.165) is 0 Å². The maximum Gasteiger partial charge on any atom is 0.253 e. The third-order valence-corrected chi connectivity index (χ3v) is 6.74. The van der Waals surface area contributed by atoms with Crippen molar-refractivity contribution in [2.24, 2.45) is 5.92 Å². The zero-order valence-electron chi connectivity index (χ0n) is 17.5. The van der Waals surface area contributed by atoms with Gasteiger partial charge in [0, 0.05) is 36.3 Å². The Hall–Kier alpha value is -2.78. The van der Waals surface area contributed by atoms with Crippen molar-refractivity contribution in [2.45, 2.75) is 37.6 Å². The minimum absolute atomic E-state index is 0.131. The number of amides is 2. The van der Waals surface area contributed by atoms with Crippen LogP contribution in [-0.4, -0.2) is 44.3 Å². The summed E-state index contributed by atoms with van der Waals surface area (Å²) in [6.07, 6.45) is 1.03. The largest absolute Gasteiger partial charge is 0.339 e. The third-order valence-electron chi connectivity index (χ3n) is 5.07. The predicted octanol–water partition coefficient (Wildman–Crippen LogP) is 3.00. The lowest BCUT2D eigenvalue weighted by atomic mass is 9.95. The summed E-state index contributed by atoms with van der Waals surface area (Å²) in [5, 5.41) is 2.81. The molecule has 3 rings (SSSR count). The molecule has 0 radical (unpaired) electrons. The van der Waals surface area contributed by atoms with E-state index in [4.69, 9.17) is 0 Å². The molecule has 0 unspecified atom stereocenters. The molecular weight excluding hydrogens is 421 g/mol. The van der Waals surface area contributed by atoms with E-state index in [9.17, 15) is 22.4 Å². The Morgan fingerprint density at radius 2 is 1.58 bits per heavy atom. The van der Waals surface area contributed by atoms with Crippen LogP contribution in [0.25, 0.3) is 0 Å². The van der Waals surface area contributed by atoms with Crippen LogP contribution in [-0.2, 0) is 14.8 Å². The van der Waals surface area contributed by atoms with Crippen LogP contribution in [0.3, 0.4) is 0 Å². The zero-order chi connectivity index (χ0) is 22.6. The van der Waals surface area contributed by atoms with Crippen molar-refractivity contribution in [3.8, 4) is 0 Å². The van der Waals surface area contributed by atoms with Gasteiger partial charge in [0.25, 0.3) is 5.91 Å². The van der Waals surface area contributed by atoms with Gasteiger partial charge in [-0.3, -0.25) is 9.59 Å². The van der Waals surface area contributed by atoms with Gasteiger partial charge in [-0.05, 0) is 75.2 Å². The van der Waals surface area contributed by atoms with Gasteiger partial charge in [-0.1, -0.05) is 0 Å².